The first kappa shape index (κ1) is 27.1. The van der Waals surface area contributed by atoms with Crippen LogP contribution in [0.1, 0.15) is 56.3 Å². The van der Waals surface area contributed by atoms with Crippen LogP contribution in [-0.2, 0) is 11.0 Å². The van der Waals surface area contributed by atoms with E-state index in [0.717, 1.165) is 25.9 Å². The van der Waals surface area contributed by atoms with Crippen molar-refractivity contribution in [1.29, 1.82) is 5.26 Å². The Bertz CT molecular complexity index is 1340. The lowest BCUT2D eigenvalue weighted by Crippen LogP contribution is -2.68. The topological polar surface area (TPSA) is 36.3 Å². The van der Waals surface area contributed by atoms with Gasteiger partial charge in [0.25, 0.3) is 8.32 Å². The normalized spacial score (nSPS) is 18.4. The molecule has 198 valence electrons. The zero-order chi connectivity index (χ0) is 27.3. The first-order valence-corrected chi connectivity index (χ1v) is 15.9. The van der Waals surface area contributed by atoms with Crippen LogP contribution in [0.25, 0.3) is 0 Å². The van der Waals surface area contributed by atoms with Crippen LogP contribution in [-0.4, -0.2) is 25.9 Å². The lowest BCUT2D eigenvalue weighted by Gasteiger charge is -2.48. The second kappa shape index (κ2) is 11.7. The summed E-state index contributed by atoms with van der Waals surface area (Å²) in [7, 11) is -2.64. The molecule has 0 bridgehead atoms. The number of likely N-dealkylation sites (tertiary alicyclic amines) is 1. The molecule has 0 amide bonds. The Morgan fingerprint density at radius 3 is 1.85 bits per heavy atom. The molecule has 0 aromatic heterocycles. The van der Waals surface area contributed by atoms with Crippen molar-refractivity contribution in [2.24, 2.45) is 0 Å². The SMILES string of the molecule is CC(C)(C)[Si](O[C@H]1CCN(Cc2ccccc2)[C@H](c2ccc(C#N)cc2)C1)(c1ccccc1)c1ccccc1. The number of hydrogen-bond acceptors (Lipinski definition) is 3. The summed E-state index contributed by atoms with van der Waals surface area (Å²) in [4.78, 5) is 2.59. The quantitative estimate of drug-likeness (QED) is 0.245. The summed E-state index contributed by atoms with van der Waals surface area (Å²) in [5.74, 6) is 0. The Hall–Kier alpha value is -3.49. The second-order valence-electron chi connectivity index (χ2n) is 11.6. The van der Waals surface area contributed by atoms with E-state index in [1.165, 1.54) is 21.5 Å². The number of hydrogen-bond donors (Lipinski definition) is 0. The molecule has 1 aliphatic heterocycles. The number of piperidine rings is 1. The van der Waals surface area contributed by atoms with E-state index in [0.29, 0.717) is 5.56 Å². The standard InChI is InChI=1S/C35H38N2OSi/c1-35(2,3)39(32-15-9-5-10-16-32,33-17-11-6-12-18-33)38-31-23-24-37(27-29-13-7-4-8-14-29)34(25-31)30-21-19-28(26-36)20-22-30/h4-22,31,34H,23-25,27H2,1-3H3/t31-,34-/m0/s1. The van der Waals surface area contributed by atoms with Gasteiger partial charge in [-0.2, -0.15) is 5.26 Å². The van der Waals surface area contributed by atoms with Gasteiger partial charge in [-0.25, -0.2) is 0 Å². The third-order valence-corrected chi connectivity index (χ3v) is 13.2. The summed E-state index contributed by atoms with van der Waals surface area (Å²) in [5.41, 5.74) is 3.27. The summed E-state index contributed by atoms with van der Waals surface area (Å²) in [5, 5.41) is 12.0. The zero-order valence-corrected chi connectivity index (χ0v) is 24.3. The molecule has 1 fully saturated rings. The average Bonchev–Trinajstić information content (AvgIpc) is 2.97. The molecule has 0 saturated carbocycles. The Labute approximate surface area is 234 Å². The molecular weight excluding hydrogens is 492 g/mol. The molecule has 1 heterocycles. The fourth-order valence-electron chi connectivity index (χ4n) is 6.16. The van der Waals surface area contributed by atoms with Crippen molar-refractivity contribution < 1.29 is 4.43 Å². The number of nitrogens with zero attached hydrogens (tertiary/aromatic N) is 2. The average molecular weight is 531 g/mol. The van der Waals surface area contributed by atoms with Gasteiger partial charge in [-0.3, -0.25) is 4.90 Å². The summed E-state index contributed by atoms with van der Waals surface area (Å²) in [6.45, 7) is 8.91. The molecule has 39 heavy (non-hydrogen) atoms. The number of rotatable bonds is 7. The third-order valence-electron chi connectivity index (χ3n) is 8.08. The van der Waals surface area contributed by atoms with Gasteiger partial charge in [0.15, 0.2) is 0 Å². The van der Waals surface area contributed by atoms with E-state index >= 15 is 0 Å². The Balaban J connectivity index is 1.52. The van der Waals surface area contributed by atoms with E-state index in [9.17, 15) is 5.26 Å². The van der Waals surface area contributed by atoms with Crippen LogP contribution in [0.4, 0.5) is 0 Å². The Morgan fingerprint density at radius 1 is 0.795 bits per heavy atom. The van der Waals surface area contributed by atoms with Crippen LogP contribution in [0, 0.1) is 11.3 Å². The molecule has 0 N–H and O–H groups in total. The summed E-state index contributed by atoms with van der Waals surface area (Å²) >= 11 is 0. The summed E-state index contributed by atoms with van der Waals surface area (Å²) < 4.78 is 7.57. The highest BCUT2D eigenvalue weighted by Gasteiger charge is 2.52. The van der Waals surface area contributed by atoms with Crippen molar-refractivity contribution in [3.8, 4) is 6.07 Å². The van der Waals surface area contributed by atoms with Gasteiger partial charge in [0, 0.05) is 25.2 Å². The molecule has 0 aliphatic carbocycles. The van der Waals surface area contributed by atoms with Gasteiger partial charge in [-0.05, 0) is 51.5 Å². The van der Waals surface area contributed by atoms with Crippen molar-refractivity contribution in [3.05, 3.63) is 132 Å². The third kappa shape index (κ3) is 5.77. The summed E-state index contributed by atoms with van der Waals surface area (Å²) in [6, 6.07) is 43.2. The van der Waals surface area contributed by atoms with E-state index in [4.69, 9.17) is 4.43 Å². The molecular formula is C35H38N2OSi. The fourth-order valence-corrected chi connectivity index (χ4v) is 10.9. The minimum Gasteiger partial charge on any atom is -0.404 e. The van der Waals surface area contributed by atoms with Crippen molar-refractivity contribution in [3.63, 3.8) is 0 Å². The second-order valence-corrected chi connectivity index (χ2v) is 15.9. The predicted molar refractivity (Wildman–Crippen MR) is 162 cm³/mol. The lowest BCUT2D eigenvalue weighted by molar-refractivity contribution is 0.0449. The first-order valence-electron chi connectivity index (χ1n) is 14.0. The Morgan fingerprint density at radius 2 is 1.33 bits per heavy atom. The van der Waals surface area contributed by atoms with Gasteiger partial charge in [-0.15, -0.1) is 0 Å². The molecule has 1 saturated heterocycles. The van der Waals surface area contributed by atoms with E-state index < -0.39 is 8.32 Å². The maximum Gasteiger partial charge on any atom is 0.261 e. The van der Waals surface area contributed by atoms with Gasteiger partial charge in [-0.1, -0.05) is 124 Å². The zero-order valence-electron chi connectivity index (χ0n) is 23.3. The monoisotopic (exact) mass is 530 g/mol. The predicted octanol–water partition coefficient (Wildman–Crippen LogP) is 6.84. The molecule has 5 rings (SSSR count). The largest absolute Gasteiger partial charge is 0.404 e. The molecule has 3 nitrogen and oxygen atoms in total. The van der Waals surface area contributed by atoms with Gasteiger partial charge in [0.05, 0.1) is 11.6 Å². The maximum absolute atomic E-state index is 9.37. The summed E-state index contributed by atoms with van der Waals surface area (Å²) in [6.07, 6.45) is 2.04. The minimum absolute atomic E-state index is 0.0547. The molecule has 4 heteroatoms. The van der Waals surface area contributed by atoms with Crippen LogP contribution in [0.3, 0.4) is 0 Å². The Kier molecular flexibility index (Phi) is 8.14. The lowest BCUT2D eigenvalue weighted by atomic mass is 9.92. The van der Waals surface area contributed by atoms with Crippen molar-refractivity contribution in [1.82, 2.24) is 4.90 Å². The highest BCUT2D eigenvalue weighted by Crippen LogP contribution is 2.41. The van der Waals surface area contributed by atoms with Crippen LogP contribution in [0.2, 0.25) is 5.04 Å². The van der Waals surface area contributed by atoms with Gasteiger partial charge in [0.2, 0.25) is 0 Å². The van der Waals surface area contributed by atoms with E-state index in [-0.39, 0.29) is 17.2 Å². The fraction of sp³-hybridized carbons (Fsp3) is 0.286. The van der Waals surface area contributed by atoms with Crippen molar-refractivity contribution in [2.75, 3.05) is 6.54 Å². The van der Waals surface area contributed by atoms with E-state index in [1.54, 1.807) is 0 Å². The highest BCUT2D eigenvalue weighted by atomic mass is 28.4. The van der Waals surface area contributed by atoms with Gasteiger partial charge < -0.3 is 4.43 Å². The van der Waals surface area contributed by atoms with Crippen LogP contribution in [0.15, 0.2) is 115 Å². The van der Waals surface area contributed by atoms with Crippen molar-refractivity contribution in [2.45, 2.75) is 57.3 Å². The molecule has 1 aliphatic rings. The molecule has 0 spiro atoms. The molecule has 0 unspecified atom stereocenters. The number of nitriles is 1. The highest BCUT2D eigenvalue weighted by molar-refractivity contribution is 6.99. The number of benzene rings is 4. The molecule has 2 atom stereocenters. The van der Waals surface area contributed by atoms with E-state index in [1.807, 2.05) is 12.1 Å². The molecule has 0 radical (unpaired) electrons. The molecule has 4 aromatic rings. The van der Waals surface area contributed by atoms with E-state index in [2.05, 4.69) is 135 Å². The van der Waals surface area contributed by atoms with Gasteiger partial charge in [0.1, 0.15) is 0 Å². The minimum atomic E-state index is -2.64. The van der Waals surface area contributed by atoms with Crippen LogP contribution >= 0.6 is 0 Å². The van der Waals surface area contributed by atoms with Crippen molar-refractivity contribution >= 4 is 18.7 Å². The van der Waals surface area contributed by atoms with Crippen LogP contribution < -0.4 is 10.4 Å². The maximum atomic E-state index is 9.37. The first-order chi connectivity index (χ1) is 18.9. The smallest absolute Gasteiger partial charge is 0.261 e. The molecule has 4 aromatic carbocycles. The van der Waals surface area contributed by atoms with Crippen LogP contribution in [0.5, 0.6) is 0 Å². The van der Waals surface area contributed by atoms with Gasteiger partial charge >= 0.3 is 0 Å².